The summed E-state index contributed by atoms with van der Waals surface area (Å²) in [5, 5.41) is 0. The van der Waals surface area contributed by atoms with E-state index in [0.717, 1.165) is 50.8 Å². The number of hydrogen-bond donors (Lipinski definition) is 1. The summed E-state index contributed by atoms with van der Waals surface area (Å²) in [7, 11) is 0. The zero-order valence-corrected chi connectivity index (χ0v) is 12.9. The normalized spacial score (nSPS) is 24.4. The van der Waals surface area contributed by atoms with E-state index in [1.165, 1.54) is 18.4 Å². The number of hydrogen-bond acceptors (Lipinski definition) is 4. The van der Waals surface area contributed by atoms with Gasteiger partial charge in [-0.15, -0.1) is 0 Å². The van der Waals surface area contributed by atoms with E-state index in [2.05, 4.69) is 24.0 Å². The lowest BCUT2D eigenvalue weighted by Crippen LogP contribution is -2.41. The average molecular weight is 290 g/mol. The van der Waals surface area contributed by atoms with Crippen molar-refractivity contribution < 1.29 is 9.47 Å². The molecule has 3 rings (SSSR count). The van der Waals surface area contributed by atoms with Crippen LogP contribution in [0, 0.1) is 5.92 Å². The van der Waals surface area contributed by atoms with Crippen LogP contribution < -0.4 is 15.2 Å². The van der Waals surface area contributed by atoms with E-state index in [0.29, 0.717) is 5.92 Å². The lowest BCUT2D eigenvalue weighted by Gasteiger charge is -2.34. The number of rotatable bonds is 3. The third kappa shape index (κ3) is 3.69. The Morgan fingerprint density at radius 1 is 1.24 bits per heavy atom. The van der Waals surface area contributed by atoms with E-state index < -0.39 is 0 Å². The molecule has 1 saturated heterocycles. The number of benzene rings is 1. The van der Waals surface area contributed by atoms with E-state index in [1.807, 2.05) is 6.07 Å². The molecule has 2 aliphatic heterocycles. The topological polar surface area (TPSA) is 47.7 Å². The van der Waals surface area contributed by atoms with Crippen LogP contribution in [0.1, 0.15) is 31.7 Å². The highest BCUT2D eigenvalue weighted by molar-refractivity contribution is 5.43. The van der Waals surface area contributed by atoms with Gasteiger partial charge in [-0.1, -0.05) is 6.07 Å². The van der Waals surface area contributed by atoms with Crippen LogP contribution in [0.5, 0.6) is 11.5 Å². The average Bonchev–Trinajstić information content (AvgIpc) is 2.72. The summed E-state index contributed by atoms with van der Waals surface area (Å²) in [6.07, 6.45) is 3.46. The molecule has 0 aromatic heterocycles. The minimum atomic E-state index is 0.288. The van der Waals surface area contributed by atoms with Crippen LogP contribution in [0.3, 0.4) is 0 Å². The summed E-state index contributed by atoms with van der Waals surface area (Å²) in [5.74, 6) is 2.40. The molecule has 21 heavy (non-hydrogen) atoms. The standard InChI is InChI=1S/C17H26N2O2/c1-13(18)15-4-2-7-19(12-15)11-14-5-6-16-17(10-14)21-9-3-8-20-16/h5-6,10,13,15H,2-4,7-9,11-12,18H2,1H3. The van der Waals surface area contributed by atoms with Crippen LogP contribution in [0.2, 0.25) is 0 Å². The number of nitrogens with zero attached hydrogens (tertiary/aromatic N) is 1. The third-order valence-electron chi connectivity index (χ3n) is 4.50. The molecule has 1 aromatic carbocycles. The number of likely N-dealkylation sites (tertiary alicyclic amines) is 1. The quantitative estimate of drug-likeness (QED) is 0.928. The first-order chi connectivity index (χ1) is 10.2. The molecule has 2 atom stereocenters. The zero-order chi connectivity index (χ0) is 14.7. The highest BCUT2D eigenvalue weighted by atomic mass is 16.5. The second kappa shape index (κ2) is 6.67. The Kier molecular flexibility index (Phi) is 4.66. The Morgan fingerprint density at radius 3 is 2.86 bits per heavy atom. The van der Waals surface area contributed by atoms with Crippen molar-refractivity contribution >= 4 is 0 Å². The van der Waals surface area contributed by atoms with Gasteiger partial charge in [0.05, 0.1) is 13.2 Å². The van der Waals surface area contributed by atoms with Gasteiger partial charge in [0.15, 0.2) is 11.5 Å². The first-order valence-corrected chi connectivity index (χ1v) is 8.09. The summed E-state index contributed by atoms with van der Waals surface area (Å²) in [4.78, 5) is 2.51. The first kappa shape index (κ1) is 14.7. The fraction of sp³-hybridized carbons (Fsp3) is 0.647. The molecule has 0 radical (unpaired) electrons. The molecule has 2 N–H and O–H groups in total. The molecule has 1 aromatic rings. The zero-order valence-electron chi connectivity index (χ0n) is 12.9. The largest absolute Gasteiger partial charge is 0.490 e. The summed E-state index contributed by atoms with van der Waals surface area (Å²) in [5.41, 5.74) is 7.36. The number of ether oxygens (including phenoxy) is 2. The van der Waals surface area contributed by atoms with Crippen LogP contribution >= 0.6 is 0 Å². The smallest absolute Gasteiger partial charge is 0.161 e. The maximum Gasteiger partial charge on any atom is 0.161 e. The van der Waals surface area contributed by atoms with Crippen molar-refractivity contribution in [1.29, 1.82) is 0 Å². The van der Waals surface area contributed by atoms with Crippen molar-refractivity contribution in [1.82, 2.24) is 4.90 Å². The Bertz CT molecular complexity index is 476. The molecule has 1 fully saturated rings. The summed E-state index contributed by atoms with van der Waals surface area (Å²) in [6.45, 7) is 6.85. The lowest BCUT2D eigenvalue weighted by molar-refractivity contribution is 0.154. The van der Waals surface area contributed by atoms with Crippen LogP contribution in [0.25, 0.3) is 0 Å². The van der Waals surface area contributed by atoms with Crippen molar-refractivity contribution in [2.24, 2.45) is 11.7 Å². The fourth-order valence-electron chi connectivity index (χ4n) is 3.23. The molecule has 2 unspecified atom stereocenters. The minimum absolute atomic E-state index is 0.288. The predicted molar refractivity (Wildman–Crippen MR) is 83.7 cm³/mol. The summed E-state index contributed by atoms with van der Waals surface area (Å²) in [6, 6.07) is 6.62. The van der Waals surface area contributed by atoms with Gasteiger partial charge in [0.2, 0.25) is 0 Å². The molecule has 2 aliphatic rings. The van der Waals surface area contributed by atoms with Gasteiger partial charge in [-0.2, -0.15) is 0 Å². The maximum atomic E-state index is 6.07. The Balaban J connectivity index is 1.66. The van der Waals surface area contributed by atoms with E-state index in [9.17, 15) is 0 Å². The maximum absolute atomic E-state index is 6.07. The van der Waals surface area contributed by atoms with E-state index in [1.54, 1.807) is 0 Å². The second-order valence-corrected chi connectivity index (χ2v) is 6.33. The molecule has 0 spiro atoms. The summed E-state index contributed by atoms with van der Waals surface area (Å²) < 4.78 is 11.5. The van der Waals surface area contributed by atoms with E-state index >= 15 is 0 Å². The first-order valence-electron chi connectivity index (χ1n) is 8.09. The fourth-order valence-corrected chi connectivity index (χ4v) is 3.23. The van der Waals surface area contributed by atoms with Crippen molar-refractivity contribution in [2.45, 2.75) is 38.8 Å². The van der Waals surface area contributed by atoms with Gasteiger partial charge in [0, 0.05) is 25.6 Å². The second-order valence-electron chi connectivity index (χ2n) is 6.33. The Hall–Kier alpha value is -1.26. The molecule has 0 amide bonds. The van der Waals surface area contributed by atoms with Gasteiger partial charge in [-0.05, 0) is 49.9 Å². The van der Waals surface area contributed by atoms with E-state index in [4.69, 9.17) is 15.2 Å². The Morgan fingerprint density at radius 2 is 2.05 bits per heavy atom. The predicted octanol–water partition coefficient (Wildman–Crippen LogP) is 2.41. The summed E-state index contributed by atoms with van der Waals surface area (Å²) >= 11 is 0. The molecule has 0 saturated carbocycles. The number of piperidine rings is 1. The number of fused-ring (bicyclic) bond motifs is 1. The Labute approximate surface area is 127 Å². The molecule has 116 valence electrons. The SMILES string of the molecule is CC(N)C1CCCN(Cc2ccc3c(c2)OCCCO3)C1. The third-order valence-corrected chi connectivity index (χ3v) is 4.50. The van der Waals surface area contributed by atoms with Crippen LogP contribution in [-0.2, 0) is 6.54 Å². The van der Waals surface area contributed by atoms with Crippen LogP contribution in [0.4, 0.5) is 0 Å². The molecule has 4 heteroatoms. The molecule has 2 heterocycles. The van der Waals surface area contributed by atoms with Crippen molar-refractivity contribution in [3.8, 4) is 11.5 Å². The molecular formula is C17H26N2O2. The monoisotopic (exact) mass is 290 g/mol. The lowest BCUT2D eigenvalue weighted by atomic mass is 9.92. The molecule has 0 bridgehead atoms. The van der Waals surface area contributed by atoms with Crippen molar-refractivity contribution in [3.05, 3.63) is 23.8 Å². The molecule has 4 nitrogen and oxygen atoms in total. The van der Waals surface area contributed by atoms with Gasteiger partial charge in [0.1, 0.15) is 0 Å². The van der Waals surface area contributed by atoms with Gasteiger partial charge >= 0.3 is 0 Å². The minimum Gasteiger partial charge on any atom is -0.490 e. The van der Waals surface area contributed by atoms with Crippen molar-refractivity contribution in [2.75, 3.05) is 26.3 Å². The molecule has 0 aliphatic carbocycles. The van der Waals surface area contributed by atoms with Crippen LogP contribution in [-0.4, -0.2) is 37.2 Å². The van der Waals surface area contributed by atoms with Gasteiger partial charge < -0.3 is 15.2 Å². The van der Waals surface area contributed by atoms with E-state index in [-0.39, 0.29) is 6.04 Å². The van der Waals surface area contributed by atoms with Crippen LogP contribution in [0.15, 0.2) is 18.2 Å². The number of nitrogens with two attached hydrogens (primary N) is 1. The highest BCUT2D eigenvalue weighted by Crippen LogP contribution is 2.31. The van der Waals surface area contributed by atoms with Crippen molar-refractivity contribution in [3.63, 3.8) is 0 Å². The molecular weight excluding hydrogens is 264 g/mol. The highest BCUT2D eigenvalue weighted by Gasteiger charge is 2.23. The van der Waals surface area contributed by atoms with Gasteiger partial charge in [-0.25, -0.2) is 0 Å². The van der Waals surface area contributed by atoms with Gasteiger partial charge in [-0.3, -0.25) is 4.90 Å². The van der Waals surface area contributed by atoms with Gasteiger partial charge in [0.25, 0.3) is 0 Å².